The summed E-state index contributed by atoms with van der Waals surface area (Å²) in [5.74, 6) is 1.80. The molecule has 6 nitrogen and oxygen atoms in total. The molecule has 2 aromatic carbocycles. The summed E-state index contributed by atoms with van der Waals surface area (Å²) in [6.07, 6.45) is 1.68. The lowest BCUT2D eigenvalue weighted by Crippen LogP contribution is -2.50. The van der Waals surface area contributed by atoms with Gasteiger partial charge in [-0.15, -0.1) is 0 Å². The van der Waals surface area contributed by atoms with Crippen molar-refractivity contribution < 1.29 is 4.79 Å². The average Bonchev–Trinajstić information content (AvgIpc) is 2.80. The molecule has 1 aromatic heterocycles. The summed E-state index contributed by atoms with van der Waals surface area (Å²) in [6, 6.07) is 18.0. The fourth-order valence-corrected chi connectivity index (χ4v) is 4.46. The lowest BCUT2D eigenvalue weighted by molar-refractivity contribution is 0.208. The Kier molecular flexibility index (Phi) is 7.05. The number of piperazine rings is 1. The maximum atomic E-state index is 12.7. The number of hydrogen-bond donors (Lipinski definition) is 1. The van der Waals surface area contributed by atoms with Gasteiger partial charge >= 0.3 is 6.03 Å². The topological polar surface area (TPSA) is 61.4 Å². The molecule has 4 rings (SSSR count). The van der Waals surface area contributed by atoms with Gasteiger partial charge in [0, 0.05) is 54.0 Å². The molecule has 166 valence electrons. The van der Waals surface area contributed by atoms with E-state index in [0.717, 1.165) is 53.4 Å². The van der Waals surface area contributed by atoms with Crippen LogP contribution in [0.15, 0.2) is 59.1 Å². The lowest BCUT2D eigenvalue weighted by Gasteiger charge is -2.36. The number of aryl methyl sites for hydroxylation is 2. The normalized spacial score (nSPS) is 13.8. The third kappa shape index (κ3) is 5.27. The second-order valence-electron chi connectivity index (χ2n) is 7.95. The Balaban J connectivity index is 1.49. The van der Waals surface area contributed by atoms with Gasteiger partial charge in [0.1, 0.15) is 11.6 Å². The van der Waals surface area contributed by atoms with Crippen molar-refractivity contribution in [3.63, 3.8) is 0 Å². The quantitative estimate of drug-likeness (QED) is 0.539. The van der Waals surface area contributed by atoms with Crippen molar-refractivity contribution in [2.75, 3.05) is 36.4 Å². The van der Waals surface area contributed by atoms with E-state index >= 15 is 0 Å². The first-order chi connectivity index (χ1) is 15.5. The van der Waals surface area contributed by atoms with Gasteiger partial charge in [0.15, 0.2) is 0 Å². The molecule has 1 fully saturated rings. The highest BCUT2D eigenvalue weighted by Crippen LogP contribution is 2.26. The summed E-state index contributed by atoms with van der Waals surface area (Å²) in [5.41, 5.74) is 4.33. The van der Waals surface area contributed by atoms with Gasteiger partial charge < -0.3 is 15.1 Å². The van der Waals surface area contributed by atoms with Crippen LogP contribution in [0.2, 0.25) is 0 Å². The summed E-state index contributed by atoms with van der Waals surface area (Å²) in [4.78, 5) is 26.5. The zero-order valence-corrected chi connectivity index (χ0v) is 20.1. The number of urea groups is 1. The molecule has 1 N–H and O–H groups in total. The first kappa shape index (κ1) is 22.3. The second-order valence-corrected chi connectivity index (χ2v) is 8.87. The number of halogens is 1. The van der Waals surface area contributed by atoms with Crippen molar-refractivity contribution in [2.24, 2.45) is 0 Å². The summed E-state index contributed by atoms with van der Waals surface area (Å²) >= 11 is 3.45. The van der Waals surface area contributed by atoms with Crippen LogP contribution in [0.25, 0.3) is 0 Å². The van der Waals surface area contributed by atoms with Crippen molar-refractivity contribution >= 4 is 33.5 Å². The van der Waals surface area contributed by atoms with Gasteiger partial charge in [-0.05, 0) is 37.1 Å². The molecule has 0 unspecified atom stereocenters. The number of nitrogens with one attached hydrogen (secondary N) is 1. The third-order valence-electron chi connectivity index (χ3n) is 5.68. The van der Waals surface area contributed by atoms with E-state index in [1.807, 2.05) is 42.2 Å². The van der Waals surface area contributed by atoms with Crippen LogP contribution in [0.4, 0.5) is 16.3 Å². The molecule has 2 heterocycles. The van der Waals surface area contributed by atoms with Gasteiger partial charge in [-0.1, -0.05) is 59.3 Å². The van der Waals surface area contributed by atoms with Crippen LogP contribution in [0, 0.1) is 6.92 Å². The zero-order valence-electron chi connectivity index (χ0n) is 18.5. The van der Waals surface area contributed by atoms with Crippen LogP contribution in [0.1, 0.15) is 29.6 Å². The molecule has 3 aromatic rings. The monoisotopic (exact) mass is 493 g/mol. The van der Waals surface area contributed by atoms with Crippen LogP contribution in [-0.4, -0.2) is 47.1 Å². The van der Waals surface area contributed by atoms with E-state index in [-0.39, 0.29) is 6.03 Å². The SMILES string of the molecule is CCc1nc(C)nc(N2CCN(C(=O)Nc3cccc(Br)c3)CC2)c1Cc1ccccc1. The molecule has 1 aliphatic rings. The Morgan fingerprint density at radius 1 is 1.03 bits per heavy atom. The van der Waals surface area contributed by atoms with Gasteiger partial charge in [-0.3, -0.25) is 0 Å². The summed E-state index contributed by atoms with van der Waals surface area (Å²) in [6.45, 7) is 6.88. The van der Waals surface area contributed by atoms with E-state index < -0.39 is 0 Å². The number of rotatable bonds is 5. The smallest absolute Gasteiger partial charge is 0.321 e. The van der Waals surface area contributed by atoms with Crippen molar-refractivity contribution in [1.29, 1.82) is 0 Å². The number of amides is 2. The van der Waals surface area contributed by atoms with Crippen molar-refractivity contribution in [3.8, 4) is 0 Å². The standard InChI is InChI=1S/C25H28BrN5O/c1-3-23-22(16-19-8-5-4-6-9-19)24(28-18(2)27-23)30-12-14-31(15-13-30)25(32)29-21-11-7-10-20(26)17-21/h4-11,17H,3,12-16H2,1-2H3,(H,29,32). The van der Waals surface area contributed by atoms with E-state index in [1.54, 1.807) is 0 Å². The number of hydrogen-bond acceptors (Lipinski definition) is 4. The van der Waals surface area contributed by atoms with Crippen LogP contribution in [-0.2, 0) is 12.8 Å². The number of anilines is 2. The molecule has 32 heavy (non-hydrogen) atoms. The van der Waals surface area contributed by atoms with E-state index in [1.165, 1.54) is 11.1 Å². The number of nitrogens with zero attached hydrogens (tertiary/aromatic N) is 4. The number of benzene rings is 2. The van der Waals surface area contributed by atoms with Gasteiger partial charge in [-0.25, -0.2) is 14.8 Å². The predicted octanol–water partition coefficient (Wildman–Crippen LogP) is 5.05. The number of carbonyl (C=O) groups is 1. The molecule has 0 atom stereocenters. The van der Waals surface area contributed by atoms with E-state index in [4.69, 9.17) is 9.97 Å². The van der Waals surface area contributed by atoms with Crippen molar-refractivity contribution in [3.05, 3.63) is 81.7 Å². The Morgan fingerprint density at radius 2 is 1.78 bits per heavy atom. The van der Waals surface area contributed by atoms with Gasteiger partial charge in [0.25, 0.3) is 0 Å². The minimum Gasteiger partial charge on any atom is -0.353 e. The van der Waals surface area contributed by atoms with Crippen LogP contribution in [0.3, 0.4) is 0 Å². The number of aromatic nitrogens is 2. The fraction of sp³-hybridized carbons (Fsp3) is 0.320. The maximum Gasteiger partial charge on any atom is 0.321 e. The van der Waals surface area contributed by atoms with E-state index in [0.29, 0.717) is 13.1 Å². The molecule has 0 bridgehead atoms. The minimum atomic E-state index is -0.0691. The summed E-state index contributed by atoms with van der Waals surface area (Å²) in [7, 11) is 0. The minimum absolute atomic E-state index is 0.0691. The molecule has 0 aliphatic carbocycles. The highest BCUT2D eigenvalue weighted by molar-refractivity contribution is 9.10. The van der Waals surface area contributed by atoms with Gasteiger partial charge in [0.2, 0.25) is 0 Å². The average molecular weight is 494 g/mol. The molecular formula is C25H28BrN5O. The van der Waals surface area contributed by atoms with Gasteiger partial charge in [0.05, 0.1) is 0 Å². The van der Waals surface area contributed by atoms with Crippen LogP contribution >= 0.6 is 15.9 Å². The Bertz CT molecular complexity index is 1080. The van der Waals surface area contributed by atoms with Crippen LogP contribution in [0.5, 0.6) is 0 Å². The molecule has 1 aliphatic heterocycles. The molecule has 0 saturated carbocycles. The maximum absolute atomic E-state index is 12.7. The highest BCUT2D eigenvalue weighted by atomic mass is 79.9. The summed E-state index contributed by atoms with van der Waals surface area (Å²) < 4.78 is 0.942. The molecular weight excluding hydrogens is 466 g/mol. The first-order valence-electron chi connectivity index (χ1n) is 11.0. The third-order valence-corrected chi connectivity index (χ3v) is 6.18. The molecule has 0 spiro atoms. The van der Waals surface area contributed by atoms with Gasteiger partial charge in [-0.2, -0.15) is 0 Å². The molecule has 7 heteroatoms. The zero-order chi connectivity index (χ0) is 22.5. The van der Waals surface area contributed by atoms with Crippen molar-refractivity contribution in [1.82, 2.24) is 14.9 Å². The first-order valence-corrected chi connectivity index (χ1v) is 11.8. The molecule has 1 saturated heterocycles. The van der Waals surface area contributed by atoms with E-state index in [2.05, 4.69) is 57.3 Å². The highest BCUT2D eigenvalue weighted by Gasteiger charge is 2.25. The largest absolute Gasteiger partial charge is 0.353 e. The summed E-state index contributed by atoms with van der Waals surface area (Å²) in [5, 5.41) is 2.99. The Hall–Kier alpha value is -2.93. The Labute approximate surface area is 197 Å². The second kappa shape index (κ2) is 10.1. The van der Waals surface area contributed by atoms with Crippen molar-refractivity contribution in [2.45, 2.75) is 26.7 Å². The lowest BCUT2D eigenvalue weighted by atomic mass is 10.0. The Morgan fingerprint density at radius 3 is 2.47 bits per heavy atom. The predicted molar refractivity (Wildman–Crippen MR) is 132 cm³/mol. The van der Waals surface area contributed by atoms with E-state index in [9.17, 15) is 4.79 Å². The fourth-order valence-electron chi connectivity index (χ4n) is 4.06. The molecule has 0 radical (unpaired) electrons. The van der Waals surface area contributed by atoms with Crippen LogP contribution < -0.4 is 10.2 Å². The number of carbonyl (C=O) groups excluding carboxylic acids is 1. The molecule has 2 amide bonds.